The number of nitrogens with one attached hydrogen (secondary N) is 1. The highest BCUT2D eigenvalue weighted by molar-refractivity contribution is 5.89. The number of β-amino-alcohol motifs (C(OH)–C–C–N with tert-alkyl or cyclic N) is 1. The van der Waals surface area contributed by atoms with Crippen LogP contribution in [0.25, 0.3) is 17.6 Å². The van der Waals surface area contributed by atoms with E-state index in [-0.39, 0.29) is 17.0 Å². The number of amides is 1. The molecule has 2 N–H and O–H groups in total. The van der Waals surface area contributed by atoms with Crippen LogP contribution >= 0.6 is 0 Å². The third-order valence-electron chi connectivity index (χ3n) is 3.75. The molecule has 0 bridgehead atoms. The highest BCUT2D eigenvalue weighted by atomic mass is 19.4. The van der Waals surface area contributed by atoms with Gasteiger partial charge in [0.25, 0.3) is 5.91 Å². The van der Waals surface area contributed by atoms with Crippen LogP contribution in [0.5, 0.6) is 0 Å². The van der Waals surface area contributed by atoms with Crippen molar-refractivity contribution in [3.8, 4) is 11.4 Å². The summed E-state index contributed by atoms with van der Waals surface area (Å²) in [5.41, 5.74) is 1.40. The molecule has 2 heterocycles. The Morgan fingerprint density at radius 1 is 1.33 bits per heavy atom. The molecule has 0 saturated carbocycles. The molecule has 144 valence electrons. The van der Waals surface area contributed by atoms with Gasteiger partial charge in [0.15, 0.2) is 5.82 Å². The molecule has 7 nitrogen and oxygen atoms in total. The number of alkyl halides is 4. The van der Waals surface area contributed by atoms with Crippen LogP contribution < -0.4 is 5.43 Å². The first-order valence-corrected chi connectivity index (χ1v) is 7.85. The highest BCUT2D eigenvalue weighted by Crippen LogP contribution is 2.32. The molecule has 11 heteroatoms. The first-order valence-electron chi connectivity index (χ1n) is 7.85. The third kappa shape index (κ3) is 4.68. The van der Waals surface area contributed by atoms with Crippen LogP contribution in [-0.4, -0.2) is 50.0 Å². The number of hydrogen-bond acceptors (Lipinski definition) is 5. The maximum absolute atomic E-state index is 12.9. The standard InChI is InChI=1S/C16H15F4N5O2/c17-6-10-3-11(5-12(4-10)16(18,19)20)15-21-9-24(23-15)2-1-14(27)22-25-7-13(26)8-25/h1-5,9,13,26H,6-8H2,(H,22,27)/b2-1-. The summed E-state index contributed by atoms with van der Waals surface area (Å²) in [7, 11) is 0. The van der Waals surface area contributed by atoms with E-state index in [4.69, 9.17) is 5.11 Å². The van der Waals surface area contributed by atoms with Crippen LogP contribution in [0.1, 0.15) is 11.1 Å². The zero-order valence-electron chi connectivity index (χ0n) is 13.8. The van der Waals surface area contributed by atoms with Gasteiger partial charge in [0, 0.05) is 30.9 Å². The van der Waals surface area contributed by atoms with Crippen molar-refractivity contribution in [3.05, 3.63) is 41.7 Å². The van der Waals surface area contributed by atoms with Gasteiger partial charge in [0.2, 0.25) is 0 Å². The molecule has 1 aliphatic heterocycles. The largest absolute Gasteiger partial charge is 0.416 e. The number of hydrogen-bond donors (Lipinski definition) is 2. The Kier molecular flexibility index (Phi) is 5.24. The number of aliphatic hydroxyl groups is 1. The summed E-state index contributed by atoms with van der Waals surface area (Å²) < 4.78 is 52.8. The maximum Gasteiger partial charge on any atom is 0.416 e. The van der Waals surface area contributed by atoms with E-state index >= 15 is 0 Å². The minimum absolute atomic E-state index is 0.0173. The highest BCUT2D eigenvalue weighted by Gasteiger charge is 2.31. The summed E-state index contributed by atoms with van der Waals surface area (Å²) in [5, 5.41) is 14.6. The molecule has 1 aromatic heterocycles. The van der Waals surface area contributed by atoms with Crippen LogP contribution in [0.3, 0.4) is 0 Å². The first-order chi connectivity index (χ1) is 12.7. The van der Waals surface area contributed by atoms with Gasteiger partial charge in [0.05, 0.1) is 11.7 Å². The van der Waals surface area contributed by atoms with E-state index in [9.17, 15) is 22.4 Å². The average molecular weight is 385 g/mol. The minimum Gasteiger partial charge on any atom is -0.390 e. The zero-order chi connectivity index (χ0) is 19.6. The number of hydrazine groups is 1. The molecule has 1 aromatic carbocycles. The number of halogens is 4. The van der Waals surface area contributed by atoms with Gasteiger partial charge >= 0.3 is 6.18 Å². The fraction of sp³-hybridized carbons (Fsp3) is 0.312. The van der Waals surface area contributed by atoms with E-state index < -0.39 is 30.4 Å². The van der Waals surface area contributed by atoms with Gasteiger partial charge in [-0.05, 0) is 23.8 Å². The second-order valence-electron chi connectivity index (χ2n) is 5.95. The Morgan fingerprint density at radius 2 is 2.07 bits per heavy atom. The van der Waals surface area contributed by atoms with Crippen molar-refractivity contribution in [2.24, 2.45) is 0 Å². The topological polar surface area (TPSA) is 83.3 Å². The number of rotatable bonds is 5. The first kappa shape index (κ1) is 19.0. The Balaban J connectivity index is 1.73. The molecule has 1 saturated heterocycles. The Bertz CT molecular complexity index is 859. The smallest absolute Gasteiger partial charge is 0.390 e. The van der Waals surface area contributed by atoms with Crippen molar-refractivity contribution in [1.29, 1.82) is 0 Å². The summed E-state index contributed by atoms with van der Waals surface area (Å²) in [6, 6.07) is 2.81. The fourth-order valence-electron chi connectivity index (χ4n) is 2.42. The summed E-state index contributed by atoms with van der Waals surface area (Å²) in [4.78, 5) is 15.6. The van der Waals surface area contributed by atoms with Crippen molar-refractivity contribution in [2.75, 3.05) is 13.1 Å². The number of nitrogens with zero attached hydrogens (tertiary/aromatic N) is 4. The number of aromatic nitrogens is 3. The van der Waals surface area contributed by atoms with Gasteiger partial charge in [-0.3, -0.25) is 10.2 Å². The van der Waals surface area contributed by atoms with Crippen molar-refractivity contribution in [3.63, 3.8) is 0 Å². The second kappa shape index (κ2) is 7.45. The summed E-state index contributed by atoms with van der Waals surface area (Å²) in [6.45, 7) is -0.387. The van der Waals surface area contributed by atoms with E-state index in [0.717, 1.165) is 22.9 Å². The lowest BCUT2D eigenvalue weighted by molar-refractivity contribution is -0.137. The minimum atomic E-state index is -4.62. The average Bonchev–Trinajstić information content (AvgIpc) is 3.06. The lowest BCUT2D eigenvalue weighted by Crippen LogP contribution is -2.58. The molecular formula is C16H15F4N5O2. The molecular weight excluding hydrogens is 370 g/mol. The molecule has 27 heavy (non-hydrogen) atoms. The van der Waals surface area contributed by atoms with E-state index in [1.165, 1.54) is 23.6 Å². The van der Waals surface area contributed by atoms with E-state index in [2.05, 4.69) is 15.5 Å². The monoisotopic (exact) mass is 385 g/mol. The van der Waals surface area contributed by atoms with Crippen molar-refractivity contribution in [2.45, 2.75) is 19.0 Å². The molecule has 2 aromatic rings. The Hall–Kier alpha value is -2.79. The van der Waals surface area contributed by atoms with Gasteiger partial charge < -0.3 is 5.11 Å². The number of carbonyl (C=O) groups is 1. The van der Waals surface area contributed by atoms with Crippen LogP contribution in [0.4, 0.5) is 17.6 Å². The quantitative estimate of drug-likeness (QED) is 0.604. The van der Waals surface area contributed by atoms with Crippen molar-refractivity contribution in [1.82, 2.24) is 25.2 Å². The van der Waals surface area contributed by atoms with E-state index in [1.807, 2.05) is 0 Å². The molecule has 1 fully saturated rings. The lowest BCUT2D eigenvalue weighted by atomic mass is 10.1. The van der Waals surface area contributed by atoms with E-state index in [1.54, 1.807) is 0 Å². The van der Waals surface area contributed by atoms with Crippen LogP contribution in [-0.2, 0) is 17.6 Å². The van der Waals surface area contributed by atoms with E-state index in [0.29, 0.717) is 13.1 Å². The molecule has 1 aliphatic rings. The molecule has 0 unspecified atom stereocenters. The summed E-state index contributed by atoms with van der Waals surface area (Å²) in [6.07, 6.45) is -1.45. The second-order valence-corrected chi connectivity index (χ2v) is 5.95. The molecule has 0 aliphatic carbocycles. The number of carbonyl (C=O) groups excluding carboxylic acids is 1. The summed E-state index contributed by atoms with van der Waals surface area (Å²) >= 11 is 0. The van der Waals surface area contributed by atoms with Gasteiger partial charge in [-0.2, -0.15) is 13.2 Å². The van der Waals surface area contributed by atoms with Crippen LogP contribution in [0, 0.1) is 0 Å². The summed E-state index contributed by atoms with van der Waals surface area (Å²) in [5.74, 6) is -0.496. The predicted molar refractivity (Wildman–Crippen MR) is 86.3 cm³/mol. The predicted octanol–water partition coefficient (Wildman–Crippen LogP) is 1.61. The normalized spacial score (nSPS) is 15.9. The van der Waals surface area contributed by atoms with Crippen molar-refractivity contribution < 1.29 is 27.5 Å². The Labute approximate surface area is 150 Å². The third-order valence-corrected chi connectivity index (χ3v) is 3.75. The van der Waals surface area contributed by atoms with Crippen LogP contribution in [0.2, 0.25) is 0 Å². The Morgan fingerprint density at radius 3 is 2.70 bits per heavy atom. The molecule has 1 amide bonds. The SMILES string of the molecule is O=C(/C=C\n1cnc(-c2cc(CF)cc(C(F)(F)F)c2)n1)NN1CC(O)C1. The van der Waals surface area contributed by atoms with Gasteiger partial charge in [-0.15, -0.1) is 5.10 Å². The molecule has 3 rings (SSSR count). The van der Waals surface area contributed by atoms with Gasteiger partial charge in [0.1, 0.15) is 13.0 Å². The van der Waals surface area contributed by atoms with Crippen molar-refractivity contribution >= 4 is 12.1 Å². The van der Waals surface area contributed by atoms with Gasteiger partial charge in [-0.1, -0.05) is 0 Å². The molecule has 0 radical (unpaired) electrons. The lowest BCUT2D eigenvalue weighted by Gasteiger charge is -2.35. The van der Waals surface area contributed by atoms with Crippen LogP contribution in [0.15, 0.2) is 30.6 Å². The molecule has 0 spiro atoms. The number of benzene rings is 1. The maximum atomic E-state index is 12.9. The fourth-order valence-corrected chi connectivity index (χ4v) is 2.42. The number of aliphatic hydroxyl groups excluding tert-OH is 1. The zero-order valence-corrected chi connectivity index (χ0v) is 13.8. The molecule has 0 atom stereocenters. The van der Waals surface area contributed by atoms with Gasteiger partial charge in [-0.25, -0.2) is 19.1 Å².